The van der Waals surface area contributed by atoms with Crippen molar-refractivity contribution in [3.8, 4) is 0 Å². The quantitative estimate of drug-likeness (QED) is 0.518. The fraction of sp³-hybridized carbons (Fsp3) is 0.812. The number of carbonyl (C=O) groups is 3. The summed E-state index contributed by atoms with van der Waals surface area (Å²) in [4.78, 5) is 35.5. The van der Waals surface area contributed by atoms with Gasteiger partial charge in [0.05, 0.1) is 17.4 Å². The van der Waals surface area contributed by atoms with E-state index >= 15 is 0 Å². The predicted molar refractivity (Wildman–Crippen MR) is 109 cm³/mol. The molecule has 0 bridgehead atoms. The molecule has 0 aliphatic carbocycles. The van der Waals surface area contributed by atoms with Crippen LogP contribution in [0.2, 0.25) is 0 Å². The first-order chi connectivity index (χ1) is 12.0. The summed E-state index contributed by atoms with van der Waals surface area (Å²) in [5, 5.41) is 5.78. The molecule has 3 amide bonds. The Bertz CT molecular complexity index is 452. The Balaban J connectivity index is 2.72. The maximum atomic E-state index is 11.9. The molecule has 0 aromatic rings. The molecule has 0 spiro atoms. The van der Waals surface area contributed by atoms with Crippen molar-refractivity contribution in [2.75, 3.05) is 41.9 Å². The van der Waals surface area contributed by atoms with Gasteiger partial charge in [-0.3, -0.25) is 14.4 Å². The van der Waals surface area contributed by atoms with Gasteiger partial charge in [0.25, 0.3) is 0 Å². The van der Waals surface area contributed by atoms with Gasteiger partial charge >= 0.3 is 0 Å². The second-order valence-electron chi connectivity index (χ2n) is 6.27. The van der Waals surface area contributed by atoms with Crippen LogP contribution in [0.4, 0.5) is 0 Å². The van der Waals surface area contributed by atoms with Crippen LogP contribution in [0.3, 0.4) is 0 Å². The van der Waals surface area contributed by atoms with E-state index < -0.39 is 0 Å². The number of rotatable bonds is 3. The number of thiol groups is 1. The number of amides is 3. The molecule has 4 N–H and O–H groups in total. The van der Waals surface area contributed by atoms with Crippen molar-refractivity contribution in [2.24, 2.45) is 23.5 Å². The lowest BCUT2D eigenvalue weighted by atomic mass is 9.85. The van der Waals surface area contributed by atoms with E-state index in [9.17, 15) is 14.4 Å². The maximum Gasteiger partial charge on any atom is 0.229 e. The van der Waals surface area contributed by atoms with Crippen molar-refractivity contribution < 1.29 is 14.4 Å². The number of primary amides is 1. The topological polar surface area (TPSA) is 101 Å². The standard InChI is InChI=1S/C16H29N3O3S3/c1-11-7-24-9-14(20)18-4-2-3-5-19-15(21)10-25-8-13(11)12(6-23)16(17)22/h11-13,23H,2-10H2,1H3,(H2,17,22)(H,18,20)(H,19,21). The molecule has 1 heterocycles. The number of carbonyl (C=O) groups excluding carboxylic acids is 3. The van der Waals surface area contributed by atoms with Crippen LogP contribution in [0.15, 0.2) is 0 Å². The van der Waals surface area contributed by atoms with Crippen LogP contribution in [-0.2, 0) is 14.4 Å². The minimum atomic E-state index is -0.353. The highest BCUT2D eigenvalue weighted by molar-refractivity contribution is 8.00. The van der Waals surface area contributed by atoms with Crippen molar-refractivity contribution in [3.05, 3.63) is 0 Å². The summed E-state index contributed by atoms with van der Waals surface area (Å²) in [5.74, 6) is 2.22. The van der Waals surface area contributed by atoms with Crippen LogP contribution in [-0.4, -0.2) is 59.6 Å². The zero-order chi connectivity index (χ0) is 18.7. The van der Waals surface area contributed by atoms with Gasteiger partial charge < -0.3 is 16.4 Å². The molecule has 3 atom stereocenters. The molecule has 9 heteroatoms. The minimum absolute atomic E-state index is 0.00315. The van der Waals surface area contributed by atoms with E-state index in [1.807, 2.05) is 0 Å². The number of hydrogen-bond acceptors (Lipinski definition) is 6. The summed E-state index contributed by atoms with van der Waals surface area (Å²) in [5.41, 5.74) is 5.54. The number of hydrogen-bond donors (Lipinski definition) is 4. The van der Waals surface area contributed by atoms with Gasteiger partial charge in [0, 0.05) is 18.8 Å². The van der Waals surface area contributed by atoms with Crippen LogP contribution < -0.4 is 16.4 Å². The Kier molecular flexibility index (Phi) is 11.5. The Labute approximate surface area is 164 Å². The number of nitrogens with two attached hydrogens (primary N) is 1. The number of nitrogens with one attached hydrogen (secondary N) is 2. The summed E-state index contributed by atoms with van der Waals surface area (Å²) in [6, 6.07) is 0. The Morgan fingerprint density at radius 1 is 1.16 bits per heavy atom. The second kappa shape index (κ2) is 12.8. The van der Waals surface area contributed by atoms with Gasteiger partial charge in [-0.1, -0.05) is 6.92 Å². The first-order valence-electron chi connectivity index (χ1n) is 8.54. The molecule has 1 fully saturated rings. The van der Waals surface area contributed by atoms with Gasteiger partial charge in [-0.2, -0.15) is 36.2 Å². The first-order valence-corrected chi connectivity index (χ1v) is 11.5. The molecule has 0 saturated carbocycles. The third-order valence-electron chi connectivity index (χ3n) is 4.22. The zero-order valence-electron chi connectivity index (χ0n) is 14.7. The summed E-state index contributed by atoms with van der Waals surface area (Å²) in [7, 11) is 0. The fourth-order valence-corrected chi connectivity index (χ4v) is 5.38. The lowest BCUT2D eigenvalue weighted by Gasteiger charge is -2.29. The fourth-order valence-electron chi connectivity index (χ4n) is 2.67. The molecular weight excluding hydrogens is 378 g/mol. The van der Waals surface area contributed by atoms with Gasteiger partial charge in [0.1, 0.15) is 0 Å². The molecule has 1 saturated heterocycles. The van der Waals surface area contributed by atoms with Crippen molar-refractivity contribution in [3.63, 3.8) is 0 Å². The van der Waals surface area contributed by atoms with E-state index in [2.05, 4.69) is 30.2 Å². The third-order valence-corrected chi connectivity index (χ3v) is 6.92. The van der Waals surface area contributed by atoms with Gasteiger partial charge in [0.2, 0.25) is 17.7 Å². The molecule has 1 rings (SSSR count). The molecule has 6 nitrogen and oxygen atoms in total. The summed E-state index contributed by atoms with van der Waals surface area (Å²) >= 11 is 7.38. The molecule has 0 aromatic heterocycles. The van der Waals surface area contributed by atoms with Gasteiger partial charge in [-0.15, -0.1) is 0 Å². The lowest BCUT2D eigenvalue weighted by Crippen LogP contribution is -2.37. The number of thioether (sulfide) groups is 2. The van der Waals surface area contributed by atoms with E-state index in [0.717, 1.165) is 18.6 Å². The van der Waals surface area contributed by atoms with Crippen molar-refractivity contribution in [2.45, 2.75) is 19.8 Å². The highest BCUT2D eigenvalue weighted by Gasteiger charge is 2.30. The average molecular weight is 408 g/mol. The molecule has 144 valence electrons. The highest BCUT2D eigenvalue weighted by Crippen LogP contribution is 2.29. The first kappa shape index (κ1) is 22.5. The monoisotopic (exact) mass is 407 g/mol. The zero-order valence-corrected chi connectivity index (χ0v) is 17.2. The lowest BCUT2D eigenvalue weighted by molar-refractivity contribution is -0.123. The van der Waals surface area contributed by atoms with Crippen LogP contribution in [0.25, 0.3) is 0 Å². The third kappa shape index (κ3) is 9.10. The second-order valence-corrected chi connectivity index (χ2v) is 8.70. The molecule has 25 heavy (non-hydrogen) atoms. The van der Waals surface area contributed by atoms with Gasteiger partial charge in [0.15, 0.2) is 0 Å². The summed E-state index contributed by atoms with van der Waals surface area (Å²) in [6.45, 7) is 3.31. The molecule has 3 unspecified atom stereocenters. The normalized spacial score (nSPS) is 26.3. The largest absolute Gasteiger partial charge is 0.369 e. The van der Waals surface area contributed by atoms with Gasteiger partial charge in [-0.25, -0.2) is 0 Å². The Morgan fingerprint density at radius 2 is 1.68 bits per heavy atom. The van der Waals surface area contributed by atoms with E-state index in [4.69, 9.17) is 5.73 Å². The molecule has 0 radical (unpaired) electrons. The van der Waals surface area contributed by atoms with Crippen molar-refractivity contribution in [1.82, 2.24) is 10.6 Å². The maximum absolute atomic E-state index is 11.9. The van der Waals surface area contributed by atoms with Crippen LogP contribution in [0.1, 0.15) is 19.8 Å². The van der Waals surface area contributed by atoms with E-state index in [-0.39, 0.29) is 35.5 Å². The van der Waals surface area contributed by atoms with Gasteiger partial charge in [-0.05, 0) is 36.2 Å². The highest BCUT2D eigenvalue weighted by atomic mass is 32.2. The summed E-state index contributed by atoms with van der Waals surface area (Å²) in [6.07, 6.45) is 1.69. The molecule has 1 aliphatic heterocycles. The van der Waals surface area contributed by atoms with E-state index in [0.29, 0.717) is 36.1 Å². The van der Waals surface area contributed by atoms with Crippen LogP contribution in [0, 0.1) is 17.8 Å². The SMILES string of the molecule is CC1CSCC(=O)NCCCCNC(=O)CSCC1C(CS)C(N)=O. The molecule has 1 aliphatic rings. The average Bonchev–Trinajstić information content (AvgIpc) is 2.56. The molecular formula is C16H29N3O3S3. The predicted octanol–water partition coefficient (Wildman–Crippen LogP) is 0.763. The van der Waals surface area contributed by atoms with Crippen LogP contribution in [0.5, 0.6) is 0 Å². The van der Waals surface area contributed by atoms with Crippen molar-refractivity contribution >= 4 is 53.9 Å². The molecule has 0 aromatic carbocycles. The van der Waals surface area contributed by atoms with Crippen molar-refractivity contribution in [1.29, 1.82) is 0 Å². The Hall–Kier alpha value is -0.540. The van der Waals surface area contributed by atoms with E-state index in [1.165, 1.54) is 11.8 Å². The Morgan fingerprint density at radius 3 is 2.16 bits per heavy atom. The smallest absolute Gasteiger partial charge is 0.229 e. The summed E-state index contributed by atoms with van der Waals surface area (Å²) < 4.78 is 0. The van der Waals surface area contributed by atoms with E-state index in [1.54, 1.807) is 11.8 Å². The van der Waals surface area contributed by atoms with Crippen LogP contribution >= 0.6 is 36.2 Å². The minimum Gasteiger partial charge on any atom is -0.369 e.